The first kappa shape index (κ1) is 15.0. The number of benzene rings is 1. The standard InChI is InChI=1S/C18H24O2S/c1-3-8-14-13-16(11-7-12-17-18(14,2)20-17)21(19)15-9-5-4-6-10-15/h4-6,8-10,16-17H,3,7,11-13H2,1-2H3/b14-8+/t16-,17-,18+,21?/m1/s1. The molecule has 0 N–H and O–H groups in total. The lowest BCUT2D eigenvalue weighted by molar-refractivity contribution is 0.328. The maximum Gasteiger partial charge on any atom is 0.113 e. The molecule has 2 aliphatic rings. The van der Waals surface area contributed by atoms with Crippen LogP contribution in [0.15, 0.2) is 46.9 Å². The quantitative estimate of drug-likeness (QED) is 0.618. The van der Waals surface area contributed by atoms with E-state index in [9.17, 15) is 4.21 Å². The Morgan fingerprint density at radius 1 is 1.33 bits per heavy atom. The first-order valence-electron chi connectivity index (χ1n) is 7.98. The Morgan fingerprint density at radius 3 is 2.81 bits per heavy atom. The van der Waals surface area contributed by atoms with Crippen molar-refractivity contribution in [3.8, 4) is 0 Å². The van der Waals surface area contributed by atoms with E-state index in [0.29, 0.717) is 6.10 Å². The fourth-order valence-electron chi connectivity index (χ4n) is 3.42. The third-order valence-electron chi connectivity index (χ3n) is 4.75. The molecule has 114 valence electrons. The van der Waals surface area contributed by atoms with Gasteiger partial charge in [0, 0.05) is 10.1 Å². The van der Waals surface area contributed by atoms with E-state index < -0.39 is 10.8 Å². The minimum absolute atomic E-state index is 0.0738. The van der Waals surface area contributed by atoms with Gasteiger partial charge >= 0.3 is 0 Å². The highest BCUT2D eigenvalue weighted by molar-refractivity contribution is 7.85. The molecule has 0 amide bonds. The third kappa shape index (κ3) is 3.00. The van der Waals surface area contributed by atoms with Gasteiger partial charge in [-0.3, -0.25) is 4.21 Å². The summed E-state index contributed by atoms with van der Waals surface area (Å²) in [5.74, 6) is 0. The van der Waals surface area contributed by atoms with Gasteiger partial charge in [0.1, 0.15) is 5.60 Å². The van der Waals surface area contributed by atoms with Crippen LogP contribution in [0.2, 0.25) is 0 Å². The van der Waals surface area contributed by atoms with Gasteiger partial charge in [-0.15, -0.1) is 0 Å². The second-order valence-corrected chi connectivity index (χ2v) is 7.95. The van der Waals surface area contributed by atoms with Crippen molar-refractivity contribution < 1.29 is 8.95 Å². The largest absolute Gasteiger partial charge is 0.362 e. The van der Waals surface area contributed by atoms with Crippen LogP contribution in [0, 0.1) is 0 Å². The number of fused-ring (bicyclic) bond motifs is 1. The van der Waals surface area contributed by atoms with Crippen molar-refractivity contribution in [1.82, 2.24) is 0 Å². The van der Waals surface area contributed by atoms with E-state index in [2.05, 4.69) is 19.9 Å². The number of hydrogen-bond donors (Lipinski definition) is 0. The monoisotopic (exact) mass is 304 g/mol. The number of hydrogen-bond acceptors (Lipinski definition) is 2. The zero-order valence-electron chi connectivity index (χ0n) is 12.9. The molecular weight excluding hydrogens is 280 g/mol. The van der Waals surface area contributed by atoms with Crippen LogP contribution in [0.5, 0.6) is 0 Å². The van der Waals surface area contributed by atoms with Crippen LogP contribution in [0.3, 0.4) is 0 Å². The van der Waals surface area contributed by atoms with Gasteiger partial charge in [-0.05, 0) is 56.7 Å². The van der Waals surface area contributed by atoms with Gasteiger partial charge in [-0.25, -0.2) is 0 Å². The summed E-state index contributed by atoms with van der Waals surface area (Å²) in [6, 6.07) is 9.89. The number of epoxide rings is 1. The van der Waals surface area contributed by atoms with Gasteiger partial charge < -0.3 is 4.74 Å². The molecule has 1 saturated heterocycles. The van der Waals surface area contributed by atoms with Gasteiger partial charge in [0.05, 0.1) is 16.9 Å². The molecule has 2 fully saturated rings. The van der Waals surface area contributed by atoms with Crippen LogP contribution < -0.4 is 0 Å². The Morgan fingerprint density at radius 2 is 2.10 bits per heavy atom. The molecule has 1 aromatic carbocycles. The molecule has 1 saturated carbocycles. The first-order chi connectivity index (χ1) is 10.1. The number of allylic oxidation sites excluding steroid dienone is 1. The lowest BCUT2D eigenvalue weighted by atomic mass is 9.87. The fourth-order valence-corrected chi connectivity index (χ4v) is 4.94. The van der Waals surface area contributed by atoms with Gasteiger partial charge in [-0.2, -0.15) is 0 Å². The summed E-state index contributed by atoms with van der Waals surface area (Å²) in [4.78, 5) is 0.956. The molecular formula is C18H24O2S. The summed E-state index contributed by atoms with van der Waals surface area (Å²) in [5, 5.41) is 0.215. The zero-order valence-corrected chi connectivity index (χ0v) is 13.7. The van der Waals surface area contributed by atoms with Crippen LogP contribution in [0.25, 0.3) is 0 Å². The number of rotatable bonds is 3. The van der Waals surface area contributed by atoms with Gasteiger partial charge in [0.25, 0.3) is 0 Å². The predicted octanol–water partition coefficient (Wildman–Crippen LogP) is 4.23. The van der Waals surface area contributed by atoms with Gasteiger partial charge in [-0.1, -0.05) is 31.2 Å². The molecule has 21 heavy (non-hydrogen) atoms. The van der Waals surface area contributed by atoms with E-state index >= 15 is 0 Å². The molecule has 4 atom stereocenters. The second-order valence-electron chi connectivity index (χ2n) is 6.22. The van der Waals surface area contributed by atoms with Crippen molar-refractivity contribution >= 4 is 10.8 Å². The Kier molecular flexibility index (Phi) is 4.32. The summed E-state index contributed by atoms with van der Waals surface area (Å²) in [6.45, 7) is 4.36. The summed E-state index contributed by atoms with van der Waals surface area (Å²) in [6.07, 6.45) is 7.84. The predicted molar refractivity (Wildman–Crippen MR) is 86.8 cm³/mol. The zero-order chi connectivity index (χ0) is 14.9. The second kappa shape index (κ2) is 6.05. The molecule has 2 nitrogen and oxygen atoms in total. The SMILES string of the molecule is CC/C=C1\C[C@H](S(=O)c2ccccc2)CCC[C@H]2O[C@@]12C. The van der Waals surface area contributed by atoms with Crippen molar-refractivity contribution in [2.75, 3.05) is 0 Å². The van der Waals surface area contributed by atoms with Crippen molar-refractivity contribution in [1.29, 1.82) is 0 Å². The molecule has 0 spiro atoms. The summed E-state index contributed by atoms with van der Waals surface area (Å²) >= 11 is 0. The van der Waals surface area contributed by atoms with Crippen LogP contribution in [-0.2, 0) is 15.5 Å². The Hall–Kier alpha value is -0.930. The molecule has 1 aliphatic carbocycles. The molecule has 3 rings (SSSR count). The Balaban J connectivity index is 1.82. The van der Waals surface area contributed by atoms with Crippen LogP contribution in [0.4, 0.5) is 0 Å². The molecule has 0 bridgehead atoms. The van der Waals surface area contributed by atoms with Crippen LogP contribution in [0.1, 0.15) is 46.0 Å². The van der Waals surface area contributed by atoms with E-state index in [4.69, 9.17) is 4.74 Å². The molecule has 0 aromatic heterocycles. The topological polar surface area (TPSA) is 29.6 Å². The van der Waals surface area contributed by atoms with Crippen molar-refractivity contribution in [2.45, 2.75) is 67.8 Å². The van der Waals surface area contributed by atoms with Crippen molar-refractivity contribution in [3.05, 3.63) is 42.0 Å². The fraction of sp³-hybridized carbons (Fsp3) is 0.556. The van der Waals surface area contributed by atoms with Crippen LogP contribution >= 0.6 is 0 Å². The molecule has 1 unspecified atom stereocenters. The number of ether oxygens (including phenoxy) is 1. The van der Waals surface area contributed by atoms with E-state index in [1.807, 2.05) is 30.3 Å². The summed E-state index contributed by atoms with van der Waals surface area (Å²) in [7, 11) is -0.924. The molecule has 1 aliphatic heterocycles. The van der Waals surface area contributed by atoms with E-state index in [0.717, 1.165) is 37.0 Å². The highest BCUT2D eigenvalue weighted by Crippen LogP contribution is 2.49. The van der Waals surface area contributed by atoms with Gasteiger partial charge in [0.15, 0.2) is 0 Å². The van der Waals surface area contributed by atoms with Crippen molar-refractivity contribution in [3.63, 3.8) is 0 Å². The summed E-state index contributed by atoms with van der Waals surface area (Å²) < 4.78 is 18.8. The third-order valence-corrected chi connectivity index (χ3v) is 6.50. The molecule has 1 heterocycles. The highest BCUT2D eigenvalue weighted by Gasteiger charge is 2.55. The highest BCUT2D eigenvalue weighted by atomic mass is 32.2. The first-order valence-corrected chi connectivity index (χ1v) is 9.19. The average molecular weight is 304 g/mol. The lowest BCUT2D eigenvalue weighted by Gasteiger charge is -2.23. The van der Waals surface area contributed by atoms with Crippen LogP contribution in [-0.4, -0.2) is 21.2 Å². The normalized spacial score (nSPS) is 35.6. The maximum atomic E-state index is 12.9. The Labute approximate surface area is 130 Å². The average Bonchev–Trinajstić information content (AvgIpc) is 3.15. The smallest absolute Gasteiger partial charge is 0.113 e. The lowest BCUT2D eigenvalue weighted by Crippen LogP contribution is -2.25. The molecule has 0 radical (unpaired) electrons. The van der Waals surface area contributed by atoms with Gasteiger partial charge in [0.2, 0.25) is 0 Å². The van der Waals surface area contributed by atoms with E-state index in [1.165, 1.54) is 5.57 Å². The minimum atomic E-state index is -0.924. The van der Waals surface area contributed by atoms with E-state index in [1.54, 1.807) is 0 Å². The summed E-state index contributed by atoms with van der Waals surface area (Å²) in [5.41, 5.74) is 1.29. The molecule has 1 aromatic rings. The Bertz CT molecular complexity index is 552. The van der Waals surface area contributed by atoms with E-state index in [-0.39, 0.29) is 10.9 Å². The maximum absolute atomic E-state index is 12.9. The molecule has 3 heteroatoms. The van der Waals surface area contributed by atoms with Crippen molar-refractivity contribution in [2.24, 2.45) is 0 Å². The minimum Gasteiger partial charge on any atom is -0.362 e.